The summed E-state index contributed by atoms with van der Waals surface area (Å²) in [6, 6.07) is 8.59. The Hall–Kier alpha value is -0.700. The van der Waals surface area contributed by atoms with E-state index in [-0.39, 0.29) is 0 Å². The number of carbonyl (C=O) groups is 1. The molecule has 1 fully saturated rings. The normalized spacial score (nSPS) is 23.2. The molecule has 1 aromatic rings. The molecule has 1 aliphatic rings. The number of ether oxygens (including phenoxy) is 1. The molecule has 0 spiro atoms. The van der Waals surface area contributed by atoms with Crippen molar-refractivity contribution in [2.45, 2.75) is 12.2 Å². The number of rotatable bonds is 4. The van der Waals surface area contributed by atoms with Crippen LogP contribution in [0.2, 0.25) is 0 Å². The Kier molecular flexibility index (Phi) is 5.36. The van der Waals surface area contributed by atoms with Crippen molar-refractivity contribution in [1.82, 2.24) is 0 Å². The van der Waals surface area contributed by atoms with E-state index in [0.717, 1.165) is 6.26 Å². The first-order chi connectivity index (χ1) is 9.46. The molecular formula is C12H14O5S3. The molecule has 110 valence electrons. The van der Waals surface area contributed by atoms with Gasteiger partial charge in [0.25, 0.3) is 10.1 Å². The van der Waals surface area contributed by atoms with Crippen molar-refractivity contribution < 1.29 is 22.1 Å². The predicted molar refractivity (Wildman–Crippen MR) is 80.3 cm³/mol. The highest BCUT2D eigenvalue weighted by Gasteiger charge is 2.33. The van der Waals surface area contributed by atoms with E-state index in [1.165, 1.54) is 21.6 Å². The highest BCUT2D eigenvalue weighted by Crippen LogP contribution is 2.33. The molecule has 0 aliphatic carbocycles. The summed E-state index contributed by atoms with van der Waals surface area (Å²) in [7, 11) is -0.530. The van der Waals surface area contributed by atoms with E-state index in [2.05, 4.69) is 0 Å². The molecule has 2 atom stereocenters. The third-order valence-electron chi connectivity index (χ3n) is 2.53. The number of esters is 1. The van der Waals surface area contributed by atoms with Crippen molar-refractivity contribution in [3.05, 3.63) is 35.9 Å². The van der Waals surface area contributed by atoms with E-state index in [1.54, 1.807) is 30.3 Å². The van der Waals surface area contributed by atoms with E-state index in [0.29, 0.717) is 17.1 Å². The smallest absolute Gasteiger partial charge is 0.338 e. The summed E-state index contributed by atoms with van der Waals surface area (Å²) in [6.45, 7) is 0. The predicted octanol–water partition coefficient (Wildman–Crippen LogP) is 1.95. The standard InChI is InChI=1S/C12H14O5S3/c1-20(14,15)17-11-8-19-18-7-10(11)16-12(13)9-5-3-2-4-6-9/h2-6,10-11H,7-8H2,1H3/t10-,11-/m1/s1. The molecule has 2 rings (SSSR count). The molecule has 5 nitrogen and oxygen atoms in total. The molecule has 1 heterocycles. The number of hydrogen-bond acceptors (Lipinski definition) is 7. The summed E-state index contributed by atoms with van der Waals surface area (Å²) in [5, 5.41) is 0. The first kappa shape index (κ1) is 15.7. The lowest BCUT2D eigenvalue weighted by atomic mass is 10.2. The summed E-state index contributed by atoms with van der Waals surface area (Å²) in [6.07, 6.45) is -0.206. The minimum absolute atomic E-state index is 0.439. The van der Waals surface area contributed by atoms with Gasteiger partial charge in [0.05, 0.1) is 11.8 Å². The van der Waals surface area contributed by atoms with Crippen LogP contribution < -0.4 is 0 Å². The third-order valence-corrected chi connectivity index (χ3v) is 5.54. The van der Waals surface area contributed by atoms with Gasteiger partial charge in [-0.25, -0.2) is 4.79 Å². The lowest BCUT2D eigenvalue weighted by Gasteiger charge is -2.29. The molecule has 0 N–H and O–H groups in total. The molecular weight excluding hydrogens is 320 g/mol. The lowest BCUT2D eigenvalue weighted by Crippen LogP contribution is -2.40. The van der Waals surface area contributed by atoms with Crippen molar-refractivity contribution in [3.63, 3.8) is 0 Å². The molecule has 1 saturated heterocycles. The van der Waals surface area contributed by atoms with Crippen LogP contribution in [0.3, 0.4) is 0 Å². The van der Waals surface area contributed by atoms with Gasteiger partial charge in [-0.15, -0.1) is 0 Å². The van der Waals surface area contributed by atoms with Crippen LogP contribution in [0.5, 0.6) is 0 Å². The van der Waals surface area contributed by atoms with E-state index >= 15 is 0 Å². The fourth-order valence-electron chi connectivity index (χ4n) is 1.65. The Morgan fingerprint density at radius 1 is 1.15 bits per heavy atom. The fourth-order valence-corrected chi connectivity index (χ4v) is 4.78. The average Bonchev–Trinajstić information content (AvgIpc) is 2.40. The van der Waals surface area contributed by atoms with E-state index in [4.69, 9.17) is 8.92 Å². The molecule has 0 aromatic heterocycles. The second-order valence-corrected chi connectivity index (χ2v) is 8.37. The van der Waals surface area contributed by atoms with Gasteiger partial charge in [-0.3, -0.25) is 4.18 Å². The maximum atomic E-state index is 12.0. The summed E-state index contributed by atoms with van der Waals surface area (Å²) < 4.78 is 32.8. The van der Waals surface area contributed by atoms with Gasteiger partial charge >= 0.3 is 5.97 Å². The molecule has 0 unspecified atom stereocenters. The van der Waals surface area contributed by atoms with Crippen molar-refractivity contribution >= 4 is 37.7 Å². The third kappa shape index (κ3) is 4.69. The Morgan fingerprint density at radius 2 is 1.75 bits per heavy atom. The first-order valence-electron chi connectivity index (χ1n) is 5.84. The zero-order valence-corrected chi connectivity index (χ0v) is 13.2. The topological polar surface area (TPSA) is 69.7 Å². The van der Waals surface area contributed by atoms with E-state index in [9.17, 15) is 13.2 Å². The average molecular weight is 334 g/mol. The zero-order valence-electron chi connectivity index (χ0n) is 10.7. The Morgan fingerprint density at radius 3 is 2.35 bits per heavy atom. The van der Waals surface area contributed by atoms with Gasteiger partial charge in [-0.05, 0) is 12.1 Å². The van der Waals surface area contributed by atoms with Crippen LogP contribution in [-0.4, -0.2) is 44.4 Å². The van der Waals surface area contributed by atoms with Crippen molar-refractivity contribution in [1.29, 1.82) is 0 Å². The van der Waals surface area contributed by atoms with Crippen LogP contribution in [0.4, 0.5) is 0 Å². The van der Waals surface area contributed by atoms with Crippen molar-refractivity contribution in [3.8, 4) is 0 Å². The van der Waals surface area contributed by atoms with Gasteiger partial charge in [0, 0.05) is 11.5 Å². The minimum Gasteiger partial charge on any atom is -0.455 e. The van der Waals surface area contributed by atoms with E-state index in [1.807, 2.05) is 0 Å². The molecule has 0 bridgehead atoms. The Bertz CT molecular complexity index is 558. The maximum absolute atomic E-state index is 12.0. The Labute approximate surface area is 125 Å². The van der Waals surface area contributed by atoms with Crippen LogP contribution in [0.25, 0.3) is 0 Å². The summed E-state index contributed by atoms with van der Waals surface area (Å²) >= 11 is 0. The van der Waals surface area contributed by atoms with Crippen molar-refractivity contribution in [2.24, 2.45) is 0 Å². The van der Waals surface area contributed by atoms with Crippen LogP contribution in [-0.2, 0) is 19.0 Å². The molecule has 0 radical (unpaired) electrons. The van der Waals surface area contributed by atoms with Crippen LogP contribution in [0.15, 0.2) is 30.3 Å². The molecule has 0 amide bonds. The molecule has 20 heavy (non-hydrogen) atoms. The SMILES string of the molecule is CS(=O)(=O)O[C@@H]1CSSC[C@H]1OC(=O)c1ccccc1. The molecule has 8 heteroatoms. The van der Waals surface area contributed by atoms with Gasteiger partial charge in [0.2, 0.25) is 0 Å². The molecule has 0 saturated carbocycles. The Balaban J connectivity index is 2.04. The summed E-state index contributed by atoms with van der Waals surface area (Å²) in [4.78, 5) is 12.0. The lowest BCUT2D eigenvalue weighted by molar-refractivity contribution is 0.00671. The minimum atomic E-state index is -3.57. The maximum Gasteiger partial charge on any atom is 0.338 e. The second kappa shape index (κ2) is 6.84. The van der Waals surface area contributed by atoms with Gasteiger partial charge < -0.3 is 4.74 Å². The van der Waals surface area contributed by atoms with Crippen molar-refractivity contribution in [2.75, 3.05) is 17.8 Å². The second-order valence-electron chi connectivity index (χ2n) is 4.22. The number of carbonyl (C=O) groups excluding carboxylic acids is 1. The van der Waals surface area contributed by atoms with Gasteiger partial charge in [-0.1, -0.05) is 39.8 Å². The highest BCUT2D eigenvalue weighted by atomic mass is 33.1. The fraction of sp³-hybridized carbons (Fsp3) is 0.417. The zero-order chi connectivity index (χ0) is 14.6. The number of hydrogen-bond donors (Lipinski definition) is 0. The van der Waals surface area contributed by atoms with Gasteiger partial charge in [0.1, 0.15) is 12.2 Å². The summed E-state index contributed by atoms with van der Waals surface area (Å²) in [5.41, 5.74) is 0.439. The monoisotopic (exact) mass is 334 g/mol. The quantitative estimate of drug-likeness (QED) is 0.473. The highest BCUT2D eigenvalue weighted by molar-refractivity contribution is 8.76. The summed E-state index contributed by atoms with van der Waals surface area (Å²) in [5.74, 6) is 0.499. The van der Waals surface area contributed by atoms with Crippen LogP contribution in [0, 0.1) is 0 Å². The van der Waals surface area contributed by atoms with Gasteiger partial charge in [-0.2, -0.15) is 8.42 Å². The van der Waals surface area contributed by atoms with Gasteiger partial charge in [0.15, 0.2) is 0 Å². The molecule has 1 aliphatic heterocycles. The molecule has 1 aromatic carbocycles. The van der Waals surface area contributed by atoms with Crippen LogP contribution in [0.1, 0.15) is 10.4 Å². The largest absolute Gasteiger partial charge is 0.455 e. The number of benzene rings is 1. The van der Waals surface area contributed by atoms with E-state index < -0.39 is 28.3 Å². The first-order valence-corrected chi connectivity index (χ1v) is 10.1. The van der Waals surface area contributed by atoms with Crippen LogP contribution >= 0.6 is 21.6 Å².